The van der Waals surface area contributed by atoms with Gasteiger partial charge in [0.15, 0.2) is 0 Å². The van der Waals surface area contributed by atoms with E-state index in [0.717, 1.165) is 44.2 Å². The van der Waals surface area contributed by atoms with Gasteiger partial charge in [0, 0.05) is 23.7 Å². The van der Waals surface area contributed by atoms with Crippen LogP contribution in [0.5, 0.6) is 0 Å². The van der Waals surface area contributed by atoms with Crippen molar-refractivity contribution in [1.82, 2.24) is 9.88 Å². The van der Waals surface area contributed by atoms with Gasteiger partial charge < -0.3 is 9.73 Å². The zero-order valence-electron chi connectivity index (χ0n) is 15.8. The Balaban J connectivity index is 1.61. The Kier molecular flexibility index (Phi) is 4.83. The van der Waals surface area contributed by atoms with Crippen LogP contribution in [-0.4, -0.2) is 29.4 Å². The normalized spacial score (nSPS) is 20.4. The van der Waals surface area contributed by atoms with Gasteiger partial charge in [0.25, 0.3) is 5.91 Å². The molecule has 2 fully saturated rings. The number of anilines is 1. The van der Waals surface area contributed by atoms with Gasteiger partial charge in [-0.05, 0) is 63.9 Å². The Hall–Kier alpha value is -2.47. The van der Waals surface area contributed by atoms with Gasteiger partial charge >= 0.3 is 5.63 Å². The minimum absolute atomic E-state index is 0.0643. The highest BCUT2D eigenvalue weighted by Gasteiger charge is 2.28. The van der Waals surface area contributed by atoms with Crippen LogP contribution in [-0.2, 0) is 0 Å². The Morgan fingerprint density at radius 1 is 1.30 bits per heavy atom. The fourth-order valence-electron chi connectivity index (χ4n) is 4.06. The smallest absolute Gasteiger partial charge is 0.349 e. The predicted octanol–water partition coefficient (Wildman–Crippen LogP) is 3.63. The number of likely N-dealkylation sites (tertiary alicyclic amines) is 1. The van der Waals surface area contributed by atoms with Gasteiger partial charge in [-0.2, -0.15) is 0 Å². The summed E-state index contributed by atoms with van der Waals surface area (Å²) in [6.07, 6.45) is 7.05. The molecule has 4 rings (SSSR count). The van der Waals surface area contributed by atoms with Crippen molar-refractivity contribution in [1.29, 1.82) is 0 Å². The highest BCUT2D eigenvalue weighted by molar-refractivity contribution is 6.04. The lowest BCUT2D eigenvalue weighted by Gasteiger charge is -2.24. The molecule has 0 radical (unpaired) electrons. The molecule has 1 saturated carbocycles. The Bertz CT molecular complexity index is 917. The number of nitrogens with one attached hydrogen (secondary N) is 1. The number of carbonyl (C=O) groups is 1. The van der Waals surface area contributed by atoms with E-state index < -0.39 is 11.5 Å². The second-order valence-electron chi connectivity index (χ2n) is 7.66. The van der Waals surface area contributed by atoms with Gasteiger partial charge in [0.2, 0.25) is 0 Å². The Labute approximate surface area is 158 Å². The number of pyridine rings is 1. The van der Waals surface area contributed by atoms with E-state index in [2.05, 4.69) is 22.2 Å². The van der Waals surface area contributed by atoms with Crippen LogP contribution >= 0.6 is 0 Å². The number of aromatic nitrogens is 1. The fourth-order valence-corrected chi connectivity index (χ4v) is 4.06. The van der Waals surface area contributed by atoms with Gasteiger partial charge in [-0.25, -0.2) is 9.78 Å². The topological polar surface area (TPSA) is 75.4 Å². The first-order valence-electron chi connectivity index (χ1n) is 9.65. The van der Waals surface area contributed by atoms with Crippen LogP contribution in [0.1, 0.15) is 71.3 Å². The van der Waals surface area contributed by atoms with Crippen molar-refractivity contribution in [2.75, 3.05) is 18.9 Å². The second kappa shape index (κ2) is 7.27. The molecule has 3 heterocycles. The molecule has 0 bridgehead atoms. The number of hydrogen-bond donors (Lipinski definition) is 1. The molecule has 2 aliphatic rings. The first-order chi connectivity index (χ1) is 13.0. The molecule has 1 N–H and O–H groups in total. The van der Waals surface area contributed by atoms with Crippen LogP contribution in [0.3, 0.4) is 0 Å². The number of amides is 1. The molecule has 1 aliphatic carbocycles. The van der Waals surface area contributed by atoms with Gasteiger partial charge in [0.05, 0.1) is 0 Å². The summed E-state index contributed by atoms with van der Waals surface area (Å²) in [6, 6.07) is 5.94. The molecule has 1 atom stereocenters. The first kappa shape index (κ1) is 17.9. The summed E-state index contributed by atoms with van der Waals surface area (Å²) in [4.78, 5) is 31.9. The summed E-state index contributed by atoms with van der Waals surface area (Å²) in [6.45, 7) is 2.82. The van der Waals surface area contributed by atoms with E-state index in [-0.39, 0.29) is 11.6 Å². The molecule has 6 nitrogen and oxygen atoms in total. The third-order valence-corrected chi connectivity index (χ3v) is 5.85. The molecule has 1 unspecified atom stereocenters. The summed E-state index contributed by atoms with van der Waals surface area (Å²) < 4.78 is 5.45. The van der Waals surface area contributed by atoms with Crippen molar-refractivity contribution < 1.29 is 9.21 Å². The van der Waals surface area contributed by atoms with Crippen molar-refractivity contribution >= 4 is 11.7 Å². The van der Waals surface area contributed by atoms with Gasteiger partial charge in [0.1, 0.15) is 17.1 Å². The molecule has 1 amide bonds. The van der Waals surface area contributed by atoms with Crippen molar-refractivity contribution in [3.63, 3.8) is 0 Å². The molecule has 2 aromatic heterocycles. The fraction of sp³-hybridized carbons (Fsp3) is 0.476. The SMILES string of the molecule is Cc1cc(C2CCC2)oc(=O)c1C(=O)Nc1ncccc1C1CCCN1C. The van der Waals surface area contributed by atoms with Crippen LogP contribution < -0.4 is 10.9 Å². The first-order valence-corrected chi connectivity index (χ1v) is 9.65. The minimum Gasteiger partial charge on any atom is -0.427 e. The highest BCUT2D eigenvalue weighted by atomic mass is 16.4. The summed E-state index contributed by atoms with van der Waals surface area (Å²) in [5.41, 5.74) is 1.14. The molecule has 1 aliphatic heterocycles. The maximum Gasteiger partial charge on any atom is 0.349 e. The van der Waals surface area contributed by atoms with Crippen molar-refractivity contribution in [2.45, 2.75) is 51.0 Å². The number of carbonyl (C=O) groups excluding carboxylic acids is 1. The predicted molar refractivity (Wildman–Crippen MR) is 103 cm³/mol. The van der Waals surface area contributed by atoms with Crippen molar-refractivity contribution in [3.8, 4) is 0 Å². The zero-order chi connectivity index (χ0) is 19.0. The second-order valence-corrected chi connectivity index (χ2v) is 7.66. The Morgan fingerprint density at radius 2 is 2.11 bits per heavy atom. The number of nitrogens with zero attached hydrogens (tertiary/aromatic N) is 2. The number of hydrogen-bond acceptors (Lipinski definition) is 5. The van der Waals surface area contributed by atoms with Crippen LogP contribution in [0.15, 0.2) is 33.6 Å². The molecule has 6 heteroatoms. The summed E-state index contributed by atoms with van der Waals surface area (Å²) >= 11 is 0. The van der Waals surface area contributed by atoms with E-state index in [1.54, 1.807) is 13.1 Å². The average molecular weight is 367 g/mol. The van der Waals surface area contributed by atoms with E-state index in [1.165, 1.54) is 0 Å². The monoisotopic (exact) mass is 367 g/mol. The van der Waals surface area contributed by atoms with Crippen LogP contribution in [0, 0.1) is 6.92 Å². The summed E-state index contributed by atoms with van der Waals surface area (Å²) in [5, 5.41) is 2.85. The van der Waals surface area contributed by atoms with Gasteiger partial charge in [-0.15, -0.1) is 0 Å². The third-order valence-electron chi connectivity index (χ3n) is 5.85. The van der Waals surface area contributed by atoms with Crippen molar-refractivity contribution in [2.24, 2.45) is 0 Å². The minimum atomic E-state index is -0.565. The van der Waals surface area contributed by atoms with Gasteiger partial charge in [-0.3, -0.25) is 9.69 Å². The van der Waals surface area contributed by atoms with E-state index in [9.17, 15) is 9.59 Å². The molecular weight excluding hydrogens is 342 g/mol. The summed E-state index contributed by atoms with van der Waals surface area (Å²) in [5.74, 6) is 1.07. The maximum absolute atomic E-state index is 12.8. The van der Waals surface area contributed by atoms with E-state index in [0.29, 0.717) is 23.1 Å². The molecular formula is C21H25N3O3. The number of aryl methyl sites for hydroxylation is 1. The summed E-state index contributed by atoms with van der Waals surface area (Å²) in [7, 11) is 2.08. The highest BCUT2D eigenvalue weighted by Crippen LogP contribution is 2.36. The quantitative estimate of drug-likeness (QED) is 0.893. The van der Waals surface area contributed by atoms with Crippen molar-refractivity contribution in [3.05, 3.63) is 57.3 Å². The van der Waals surface area contributed by atoms with E-state index in [1.807, 2.05) is 18.2 Å². The molecule has 0 spiro atoms. The lowest BCUT2D eigenvalue weighted by Crippen LogP contribution is -2.26. The molecule has 142 valence electrons. The lowest BCUT2D eigenvalue weighted by molar-refractivity contribution is 0.102. The van der Waals surface area contributed by atoms with E-state index in [4.69, 9.17) is 4.42 Å². The van der Waals surface area contributed by atoms with Crippen LogP contribution in [0.25, 0.3) is 0 Å². The third kappa shape index (κ3) is 3.41. The lowest BCUT2D eigenvalue weighted by atomic mass is 9.83. The molecule has 0 aromatic carbocycles. The van der Waals surface area contributed by atoms with Crippen LogP contribution in [0.2, 0.25) is 0 Å². The maximum atomic E-state index is 12.8. The molecule has 1 saturated heterocycles. The number of rotatable bonds is 4. The molecule has 2 aromatic rings. The van der Waals surface area contributed by atoms with Crippen LogP contribution in [0.4, 0.5) is 5.82 Å². The largest absolute Gasteiger partial charge is 0.427 e. The molecule has 27 heavy (non-hydrogen) atoms. The standard InChI is InChI=1S/C21H25N3O3/c1-13-12-17(14-6-3-7-14)27-21(26)18(13)20(25)23-19-15(8-4-10-22-19)16-9-5-11-24(16)2/h4,8,10,12,14,16H,3,5-7,9,11H2,1-2H3,(H,22,23,25). The Morgan fingerprint density at radius 3 is 2.74 bits per heavy atom. The van der Waals surface area contributed by atoms with Gasteiger partial charge in [-0.1, -0.05) is 12.5 Å². The van der Waals surface area contributed by atoms with E-state index >= 15 is 0 Å². The zero-order valence-corrected chi connectivity index (χ0v) is 15.8. The average Bonchev–Trinajstić information content (AvgIpc) is 2.99.